The number of halogens is 1. The van der Waals surface area contributed by atoms with E-state index in [1.807, 2.05) is 0 Å². The second-order valence-corrected chi connectivity index (χ2v) is 5.52. The molecule has 0 unspecified atom stereocenters. The zero-order chi connectivity index (χ0) is 12.5. The molecule has 0 spiro atoms. The molecule has 0 aromatic carbocycles. The standard InChI is InChI=1S/C11H15BrN4O2/c12-10-9(6-1-2-6)14-11(16-15-10)13-7-3-4-18-5-8(7)17/h6-8,17H,1-5H2,(H,13,14,16)/t7-,8-/m1/s1. The monoisotopic (exact) mass is 314 g/mol. The van der Waals surface area contributed by atoms with Crippen molar-refractivity contribution >= 4 is 21.9 Å². The van der Waals surface area contributed by atoms with Crippen molar-refractivity contribution in [2.75, 3.05) is 18.5 Å². The van der Waals surface area contributed by atoms with E-state index in [2.05, 4.69) is 36.4 Å². The summed E-state index contributed by atoms with van der Waals surface area (Å²) >= 11 is 3.37. The topological polar surface area (TPSA) is 80.2 Å². The maximum atomic E-state index is 9.80. The van der Waals surface area contributed by atoms with Crippen molar-refractivity contribution in [2.24, 2.45) is 0 Å². The van der Waals surface area contributed by atoms with E-state index >= 15 is 0 Å². The first-order chi connectivity index (χ1) is 8.74. The van der Waals surface area contributed by atoms with Crippen molar-refractivity contribution < 1.29 is 9.84 Å². The van der Waals surface area contributed by atoms with Crippen molar-refractivity contribution in [3.05, 3.63) is 10.3 Å². The molecule has 1 aromatic heterocycles. The first kappa shape index (κ1) is 12.3. The van der Waals surface area contributed by atoms with E-state index in [0.29, 0.717) is 25.1 Å². The summed E-state index contributed by atoms with van der Waals surface area (Å²) in [5.74, 6) is 1.00. The van der Waals surface area contributed by atoms with Gasteiger partial charge in [-0.1, -0.05) is 0 Å². The van der Waals surface area contributed by atoms with E-state index in [-0.39, 0.29) is 6.04 Å². The smallest absolute Gasteiger partial charge is 0.243 e. The van der Waals surface area contributed by atoms with Gasteiger partial charge in [0, 0.05) is 12.5 Å². The van der Waals surface area contributed by atoms with Crippen LogP contribution in [0.4, 0.5) is 5.95 Å². The summed E-state index contributed by atoms with van der Waals surface area (Å²) in [5.41, 5.74) is 0.967. The molecule has 2 heterocycles. The van der Waals surface area contributed by atoms with Gasteiger partial charge in [-0.3, -0.25) is 0 Å². The lowest BCUT2D eigenvalue weighted by Gasteiger charge is -2.28. The van der Waals surface area contributed by atoms with Crippen molar-refractivity contribution in [3.8, 4) is 0 Å². The molecule has 18 heavy (non-hydrogen) atoms. The van der Waals surface area contributed by atoms with Gasteiger partial charge in [-0.25, -0.2) is 4.98 Å². The predicted molar refractivity (Wildman–Crippen MR) is 68.4 cm³/mol. The third-order valence-electron chi connectivity index (χ3n) is 3.28. The molecule has 2 atom stereocenters. The fourth-order valence-electron chi connectivity index (χ4n) is 2.06. The quantitative estimate of drug-likeness (QED) is 0.869. The summed E-state index contributed by atoms with van der Waals surface area (Å²) < 4.78 is 5.91. The third-order valence-corrected chi connectivity index (χ3v) is 3.84. The largest absolute Gasteiger partial charge is 0.389 e. The Morgan fingerprint density at radius 3 is 2.83 bits per heavy atom. The average molecular weight is 315 g/mol. The Kier molecular flexibility index (Phi) is 3.45. The zero-order valence-electron chi connectivity index (χ0n) is 9.84. The van der Waals surface area contributed by atoms with Crippen molar-refractivity contribution in [2.45, 2.75) is 37.3 Å². The van der Waals surface area contributed by atoms with Gasteiger partial charge >= 0.3 is 0 Å². The molecule has 2 aliphatic rings. The van der Waals surface area contributed by atoms with Gasteiger partial charge in [-0.15, -0.1) is 10.2 Å². The third kappa shape index (κ3) is 2.62. The minimum Gasteiger partial charge on any atom is -0.389 e. The molecule has 0 amide bonds. The lowest BCUT2D eigenvalue weighted by molar-refractivity contribution is -0.0136. The summed E-state index contributed by atoms with van der Waals surface area (Å²) in [6.07, 6.45) is 2.56. The molecule has 6 nitrogen and oxygen atoms in total. The summed E-state index contributed by atoms with van der Waals surface area (Å²) in [5, 5.41) is 21.0. The lowest BCUT2D eigenvalue weighted by atomic mass is 10.1. The lowest BCUT2D eigenvalue weighted by Crippen LogP contribution is -2.42. The van der Waals surface area contributed by atoms with Crippen molar-refractivity contribution in [1.29, 1.82) is 0 Å². The van der Waals surface area contributed by atoms with Crippen LogP contribution in [0.3, 0.4) is 0 Å². The Balaban J connectivity index is 1.73. The van der Waals surface area contributed by atoms with E-state index in [4.69, 9.17) is 4.74 Å². The molecular formula is C11H15BrN4O2. The minimum absolute atomic E-state index is 0.0613. The molecule has 1 saturated heterocycles. The second-order valence-electron chi connectivity index (χ2n) is 4.77. The average Bonchev–Trinajstić information content (AvgIpc) is 3.19. The van der Waals surface area contributed by atoms with Crippen LogP contribution in [0.15, 0.2) is 4.60 Å². The SMILES string of the molecule is O[C@@H]1COCC[C@H]1Nc1nnc(Br)c(C2CC2)n1. The van der Waals surface area contributed by atoms with Crippen LogP contribution in [0.5, 0.6) is 0 Å². The number of nitrogens with zero attached hydrogens (tertiary/aromatic N) is 3. The van der Waals surface area contributed by atoms with Gasteiger partial charge in [-0.2, -0.15) is 0 Å². The highest BCUT2D eigenvalue weighted by atomic mass is 79.9. The van der Waals surface area contributed by atoms with Gasteiger partial charge in [0.15, 0.2) is 4.60 Å². The number of hydrogen-bond acceptors (Lipinski definition) is 6. The number of aliphatic hydroxyl groups excluding tert-OH is 1. The van der Waals surface area contributed by atoms with Crippen LogP contribution >= 0.6 is 15.9 Å². The van der Waals surface area contributed by atoms with Gasteiger partial charge in [0.25, 0.3) is 0 Å². The number of ether oxygens (including phenoxy) is 1. The van der Waals surface area contributed by atoms with Crippen LogP contribution in [0.2, 0.25) is 0 Å². The fourth-order valence-corrected chi connectivity index (χ4v) is 2.55. The first-order valence-corrected chi connectivity index (χ1v) is 6.96. The minimum atomic E-state index is -0.518. The Morgan fingerprint density at radius 1 is 1.28 bits per heavy atom. The Morgan fingerprint density at radius 2 is 2.11 bits per heavy atom. The molecule has 0 bridgehead atoms. The van der Waals surface area contributed by atoms with Crippen molar-refractivity contribution in [1.82, 2.24) is 15.2 Å². The van der Waals surface area contributed by atoms with E-state index in [0.717, 1.165) is 29.6 Å². The van der Waals surface area contributed by atoms with Gasteiger partial charge in [-0.05, 0) is 35.2 Å². The van der Waals surface area contributed by atoms with Crippen molar-refractivity contribution in [3.63, 3.8) is 0 Å². The molecule has 2 fully saturated rings. The van der Waals surface area contributed by atoms with Crippen LogP contribution in [0, 0.1) is 0 Å². The first-order valence-electron chi connectivity index (χ1n) is 6.16. The number of aliphatic hydroxyl groups is 1. The molecule has 0 radical (unpaired) electrons. The molecule has 2 N–H and O–H groups in total. The van der Waals surface area contributed by atoms with Gasteiger partial charge in [0.1, 0.15) is 0 Å². The number of rotatable bonds is 3. The van der Waals surface area contributed by atoms with Crippen LogP contribution in [-0.4, -0.2) is 45.6 Å². The number of anilines is 1. The summed E-state index contributed by atoms with van der Waals surface area (Å²) in [6, 6.07) is -0.0613. The highest BCUT2D eigenvalue weighted by Gasteiger charge is 2.29. The molecule has 7 heteroatoms. The number of nitrogens with one attached hydrogen (secondary N) is 1. The molecule has 1 saturated carbocycles. The number of hydrogen-bond donors (Lipinski definition) is 2. The Bertz CT molecular complexity index is 441. The Hall–Kier alpha value is -0.790. The summed E-state index contributed by atoms with van der Waals surface area (Å²) in [6.45, 7) is 1.01. The van der Waals surface area contributed by atoms with Gasteiger partial charge in [0.05, 0.1) is 24.4 Å². The zero-order valence-corrected chi connectivity index (χ0v) is 11.4. The van der Waals surface area contributed by atoms with Gasteiger partial charge < -0.3 is 15.2 Å². The van der Waals surface area contributed by atoms with Crippen LogP contribution in [0.1, 0.15) is 30.9 Å². The maximum absolute atomic E-state index is 9.80. The van der Waals surface area contributed by atoms with Crippen LogP contribution in [-0.2, 0) is 4.74 Å². The molecule has 3 rings (SSSR count). The van der Waals surface area contributed by atoms with E-state index in [9.17, 15) is 5.11 Å². The van der Waals surface area contributed by atoms with E-state index in [1.165, 1.54) is 0 Å². The normalized spacial score (nSPS) is 28.1. The fraction of sp³-hybridized carbons (Fsp3) is 0.727. The summed E-state index contributed by atoms with van der Waals surface area (Å²) in [7, 11) is 0. The maximum Gasteiger partial charge on any atom is 0.243 e. The Labute approximate surface area is 113 Å². The summed E-state index contributed by atoms with van der Waals surface area (Å²) in [4.78, 5) is 4.48. The molecule has 98 valence electrons. The van der Waals surface area contributed by atoms with Crippen LogP contribution in [0.25, 0.3) is 0 Å². The van der Waals surface area contributed by atoms with Crippen LogP contribution < -0.4 is 5.32 Å². The predicted octanol–water partition coefficient (Wildman–Crippen LogP) is 1.07. The highest BCUT2D eigenvalue weighted by molar-refractivity contribution is 9.10. The van der Waals surface area contributed by atoms with E-state index < -0.39 is 6.10 Å². The highest BCUT2D eigenvalue weighted by Crippen LogP contribution is 2.41. The molecule has 1 aromatic rings. The van der Waals surface area contributed by atoms with E-state index in [1.54, 1.807) is 0 Å². The molecule has 1 aliphatic carbocycles. The molecule has 1 aliphatic heterocycles. The molecular weight excluding hydrogens is 300 g/mol. The van der Waals surface area contributed by atoms with Gasteiger partial charge in [0.2, 0.25) is 5.95 Å². The second kappa shape index (κ2) is 5.07. The number of aromatic nitrogens is 3.